The van der Waals surface area contributed by atoms with E-state index in [1.54, 1.807) is 11.8 Å². The van der Waals surface area contributed by atoms with E-state index >= 15 is 0 Å². The second kappa shape index (κ2) is 4.41. The summed E-state index contributed by atoms with van der Waals surface area (Å²) < 4.78 is 5.20. The number of anilines is 1. The average molecular weight is 247 g/mol. The molecule has 0 bridgehead atoms. The van der Waals surface area contributed by atoms with Crippen molar-refractivity contribution in [2.75, 3.05) is 5.73 Å². The van der Waals surface area contributed by atoms with Gasteiger partial charge in [0.25, 0.3) is 0 Å². The largest absolute Gasteiger partial charge is 0.399 e. The molecular formula is C12H13N3OS. The van der Waals surface area contributed by atoms with E-state index in [9.17, 15) is 0 Å². The zero-order valence-corrected chi connectivity index (χ0v) is 10.1. The van der Waals surface area contributed by atoms with E-state index in [1.165, 1.54) is 12.8 Å². The lowest BCUT2D eigenvalue weighted by atomic mass is 10.3. The van der Waals surface area contributed by atoms with Crippen molar-refractivity contribution >= 4 is 17.4 Å². The molecule has 1 heterocycles. The van der Waals surface area contributed by atoms with Gasteiger partial charge in [0.1, 0.15) is 0 Å². The number of nitrogens with two attached hydrogens (primary N) is 1. The maximum absolute atomic E-state index is 5.71. The van der Waals surface area contributed by atoms with Crippen molar-refractivity contribution in [2.45, 2.75) is 29.4 Å². The topological polar surface area (TPSA) is 64.9 Å². The van der Waals surface area contributed by atoms with E-state index in [0.717, 1.165) is 16.4 Å². The zero-order chi connectivity index (χ0) is 11.7. The van der Waals surface area contributed by atoms with Crippen molar-refractivity contribution in [3.63, 3.8) is 0 Å². The summed E-state index contributed by atoms with van der Waals surface area (Å²) in [7, 11) is 0. The Balaban J connectivity index is 1.62. The fraction of sp³-hybridized carbons (Fsp3) is 0.333. The van der Waals surface area contributed by atoms with Crippen LogP contribution in [0.4, 0.5) is 5.69 Å². The number of benzene rings is 1. The van der Waals surface area contributed by atoms with Gasteiger partial charge in [-0.1, -0.05) is 11.2 Å². The Morgan fingerprint density at radius 3 is 3.06 bits per heavy atom. The van der Waals surface area contributed by atoms with Gasteiger partial charge in [0.05, 0.1) is 5.75 Å². The lowest BCUT2D eigenvalue weighted by Crippen LogP contribution is -1.86. The van der Waals surface area contributed by atoms with Gasteiger partial charge >= 0.3 is 0 Å². The molecule has 1 saturated carbocycles. The Morgan fingerprint density at radius 2 is 2.29 bits per heavy atom. The number of nitrogens with zero attached hydrogens (tertiary/aromatic N) is 2. The molecule has 0 saturated heterocycles. The third-order valence-corrected chi connectivity index (χ3v) is 3.63. The maximum atomic E-state index is 5.71. The Hall–Kier alpha value is -1.49. The zero-order valence-electron chi connectivity index (χ0n) is 9.30. The fourth-order valence-corrected chi connectivity index (χ4v) is 2.39. The number of rotatable bonds is 4. The molecule has 0 unspecified atom stereocenters. The molecule has 1 fully saturated rings. The third kappa shape index (κ3) is 2.61. The first kappa shape index (κ1) is 10.7. The summed E-state index contributed by atoms with van der Waals surface area (Å²) in [5.74, 6) is 2.81. The maximum Gasteiger partial charge on any atom is 0.237 e. The molecule has 1 aliphatic carbocycles. The predicted molar refractivity (Wildman–Crippen MR) is 66.7 cm³/mol. The molecule has 3 rings (SSSR count). The molecule has 1 aliphatic rings. The van der Waals surface area contributed by atoms with Crippen molar-refractivity contribution < 1.29 is 4.52 Å². The molecule has 0 radical (unpaired) electrons. The molecular weight excluding hydrogens is 234 g/mol. The molecule has 1 aromatic heterocycles. The summed E-state index contributed by atoms with van der Waals surface area (Å²) in [6, 6.07) is 7.80. The number of hydrogen-bond donors (Lipinski definition) is 1. The molecule has 2 N–H and O–H groups in total. The average Bonchev–Trinajstić information content (AvgIpc) is 3.07. The van der Waals surface area contributed by atoms with Crippen LogP contribution in [0.25, 0.3) is 0 Å². The van der Waals surface area contributed by atoms with Gasteiger partial charge in [0.2, 0.25) is 5.89 Å². The molecule has 0 spiro atoms. The fourth-order valence-electron chi connectivity index (χ4n) is 1.58. The van der Waals surface area contributed by atoms with E-state index in [1.807, 2.05) is 24.3 Å². The summed E-state index contributed by atoms with van der Waals surface area (Å²) >= 11 is 1.66. The lowest BCUT2D eigenvalue weighted by Gasteiger charge is -1.99. The van der Waals surface area contributed by atoms with Crippen molar-refractivity contribution in [3.8, 4) is 0 Å². The molecule has 1 aromatic carbocycles. The molecule has 0 atom stereocenters. The minimum absolute atomic E-state index is 0.546. The van der Waals surface area contributed by atoms with Crippen LogP contribution in [0.15, 0.2) is 33.7 Å². The molecule has 0 amide bonds. The van der Waals surface area contributed by atoms with Gasteiger partial charge in [-0.25, -0.2) is 0 Å². The van der Waals surface area contributed by atoms with Crippen molar-refractivity contribution in [1.82, 2.24) is 10.1 Å². The first-order chi connectivity index (χ1) is 8.31. The van der Waals surface area contributed by atoms with Crippen LogP contribution in [0.2, 0.25) is 0 Å². The van der Waals surface area contributed by atoms with Crippen LogP contribution in [0, 0.1) is 0 Å². The van der Waals surface area contributed by atoms with Gasteiger partial charge < -0.3 is 10.3 Å². The summed E-state index contributed by atoms with van der Waals surface area (Å²) in [6.07, 6.45) is 2.39. The SMILES string of the molecule is Nc1cccc(SCc2nc(C3CC3)no2)c1. The summed E-state index contributed by atoms with van der Waals surface area (Å²) in [4.78, 5) is 5.50. The van der Waals surface area contributed by atoms with Crippen LogP contribution in [0.3, 0.4) is 0 Å². The monoisotopic (exact) mass is 247 g/mol. The van der Waals surface area contributed by atoms with Gasteiger partial charge in [-0.2, -0.15) is 4.98 Å². The van der Waals surface area contributed by atoms with Crippen LogP contribution in [-0.4, -0.2) is 10.1 Å². The highest BCUT2D eigenvalue weighted by molar-refractivity contribution is 7.98. The van der Waals surface area contributed by atoms with Crippen LogP contribution in [-0.2, 0) is 5.75 Å². The molecule has 88 valence electrons. The number of nitrogen functional groups attached to an aromatic ring is 1. The number of aromatic nitrogens is 2. The highest BCUT2D eigenvalue weighted by Crippen LogP contribution is 2.38. The van der Waals surface area contributed by atoms with Crippen molar-refractivity contribution in [3.05, 3.63) is 36.0 Å². The highest BCUT2D eigenvalue weighted by Gasteiger charge is 2.28. The molecule has 0 aliphatic heterocycles. The van der Waals surface area contributed by atoms with Crippen LogP contribution in [0.5, 0.6) is 0 Å². The van der Waals surface area contributed by atoms with Gasteiger partial charge in [-0.05, 0) is 31.0 Å². The molecule has 5 heteroatoms. The summed E-state index contributed by atoms with van der Waals surface area (Å²) in [6.45, 7) is 0. The van der Waals surface area contributed by atoms with E-state index in [2.05, 4.69) is 10.1 Å². The second-order valence-corrected chi connectivity index (χ2v) is 5.23. The van der Waals surface area contributed by atoms with Gasteiger partial charge in [0, 0.05) is 16.5 Å². The molecule has 4 nitrogen and oxygen atoms in total. The minimum Gasteiger partial charge on any atom is -0.399 e. The van der Waals surface area contributed by atoms with Crippen LogP contribution < -0.4 is 5.73 Å². The van der Waals surface area contributed by atoms with E-state index in [4.69, 9.17) is 10.3 Å². The normalized spacial score (nSPS) is 15.1. The van der Waals surface area contributed by atoms with E-state index in [-0.39, 0.29) is 0 Å². The highest BCUT2D eigenvalue weighted by atomic mass is 32.2. The van der Waals surface area contributed by atoms with Crippen LogP contribution >= 0.6 is 11.8 Å². The van der Waals surface area contributed by atoms with Gasteiger partial charge in [-0.3, -0.25) is 0 Å². The first-order valence-electron chi connectivity index (χ1n) is 5.62. The van der Waals surface area contributed by atoms with E-state index < -0.39 is 0 Å². The first-order valence-corrected chi connectivity index (χ1v) is 6.60. The Morgan fingerprint density at radius 1 is 1.41 bits per heavy atom. The molecule has 17 heavy (non-hydrogen) atoms. The summed E-state index contributed by atoms with van der Waals surface area (Å²) in [5.41, 5.74) is 6.49. The minimum atomic E-state index is 0.546. The summed E-state index contributed by atoms with van der Waals surface area (Å²) in [5, 5.41) is 3.98. The Labute approximate surface area is 104 Å². The second-order valence-electron chi connectivity index (χ2n) is 4.18. The van der Waals surface area contributed by atoms with E-state index in [0.29, 0.717) is 17.6 Å². The smallest absolute Gasteiger partial charge is 0.237 e. The van der Waals surface area contributed by atoms with Crippen molar-refractivity contribution in [2.24, 2.45) is 0 Å². The lowest BCUT2D eigenvalue weighted by molar-refractivity contribution is 0.385. The quantitative estimate of drug-likeness (QED) is 0.664. The van der Waals surface area contributed by atoms with Crippen LogP contribution in [0.1, 0.15) is 30.5 Å². The standard InChI is InChI=1S/C12H13N3OS/c13-9-2-1-3-10(6-9)17-7-11-14-12(15-16-11)8-4-5-8/h1-3,6,8H,4-5,7,13H2. The molecule has 2 aromatic rings. The number of hydrogen-bond acceptors (Lipinski definition) is 5. The van der Waals surface area contributed by atoms with Gasteiger partial charge in [-0.15, -0.1) is 11.8 Å². The van der Waals surface area contributed by atoms with Gasteiger partial charge in [0.15, 0.2) is 5.82 Å². The predicted octanol–water partition coefficient (Wildman–Crippen LogP) is 2.82. The third-order valence-electron chi connectivity index (χ3n) is 2.65. The van der Waals surface area contributed by atoms with Crippen molar-refractivity contribution in [1.29, 1.82) is 0 Å². The Bertz CT molecular complexity index is 522. The Kier molecular flexibility index (Phi) is 2.76. The number of thioether (sulfide) groups is 1.